The summed E-state index contributed by atoms with van der Waals surface area (Å²) in [6.45, 7) is 1.01. The molecule has 0 unspecified atom stereocenters. The van der Waals surface area contributed by atoms with Crippen LogP contribution in [0.3, 0.4) is 0 Å². The average molecular weight is 384 g/mol. The Morgan fingerprint density at radius 2 is 1.89 bits per heavy atom. The number of benzene rings is 2. The fourth-order valence-corrected chi connectivity index (χ4v) is 3.02. The molecule has 0 heterocycles. The van der Waals surface area contributed by atoms with Gasteiger partial charge in [-0.2, -0.15) is 5.26 Å². The summed E-state index contributed by atoms with van der Waals surface area (Å²) in [5, 5.41) is 11.5. The first-order chi connectivity index (χ1) is 13.1. The lowest BCUT2D eigenvalue weighted by molar-refractivity contribution is -0.118. The summed E-state index contributed by atoms with van der Waals surface area (Å²) in [5.41, 5.74) is 1.77. The van der Waals surface area contributed by atoms with Crippen LogP contribution in [0.15, 0.2) is 53.4 Å². The number of methoxy groups -OCH3 is 1. The van der Waals surface area contributed by atoms with Crippen LogP contribution >= 0.6 is 11.8 Å². The maximum atomic E-state index is 12.4. The standard InChI is InChI=1S/C20H20N2O4S/c1-25-11-10-22-19(23)14-27-18-5-3-2-4-17(18)20(24)26-13-16-8-6-15(12-21)7-9-16/h2-9H,10-11,13-14H2,1H3,(H,22,23). The molecule has 0 saturated carbocycles. The fourth-order valence-electron chi connectivity index (χ4n) is 2.15. The summed E-state index contributed by atoms with van der Waals surface area (Å²) < 4.78 is 10.2. The Hall–Kier alpha value is -2.82. The quantitative estimate of drug-likeness (QED) is 0.406. The highest BCUT2D eigenvalue weighted by atomic mass is 32.2. The molecule has 0 bridgehead atoms. The van der Waals surface area contributed by atoms with E-state index in [2.05, 4.69) is 5.32 Å². The highest BCUT2D eigenvalue weighted by molar-refractivity contribution is 8.00. The maximum Gasteiger partial charge on any atom is 0.339 e. The molecule has 0 aliphatic heterocycles. The van der Waals surface area contributed by atoms with Crippen molar-refractivity contribution in [3.8, 4) is 6.07 Å². The zero-order chi connectivity index (χ0) is 19.5. The minimum absolute atomic E-state index is 0.112. The molecule has 2 rings (SSSR count). The predicted octanol–water partition coefficient (Wildman–Crippen LogP) is 2.77. The van der Waals surface area contributed by atoms with E-state index in [4.69, 9.17) is 14.7 Å². The molecule has 7 heteroatoms. The lowest BCUT2D eigenvalue weighted by Crippen LogP contribution is -2.28. The molecule has 2 aromatic carbocycles. The summed E-state index contributed by atoms with van der Waals surface area (Å²) in [6, 6.07) is 15.9. The van der Waals surface area contributed by atoms with Gasteiger partial charge in [-0.1, -0.05) is 24.3 Å². The number of carbonyl (C=O) groups excluding carboxylic acids is 2. The monoisotopic (exact) mass is 384 g/mol. The third-order valence-electron chi connectivity index (χ3n) is 3.55. The number of rotatable bonds is 9. The van der Waals surface area contributed by atoms with Crippen molar-refractivity contribution < 1.29 is 19.1 Å². The number of hydrogen-bond donors (Lipinski definition) is 1. The van der Waals surface area contributed by atoms with Crippen molar-refractivity contribution >= 4 is 23.6 Å². The Bertz CT molecular complexity index is 815. The molecule has 27 heavy (non-hydrogen) atoms. The lowest BCUT2D eigenvalue weighted by atomic mass is 10.1. The van der Waals surface area contributed by atoms with Crippen molar-refractivity contribution in [1.82, 2.24) is 5.32 Å². The van der Waals surface area contributed by atoms with E-state index in [0.29, 0.717) is 29.2 Å². The van der Waals surface area contributed by atoms with E-state index in [-0.39, 0.29) is 18.3 Å². The molecule has 2 aromatic rings. The van der Waals surface area contributed by atoms with E-state index in [1.807, 2.05) is 12.1 Å². The zero-order valence-corrected chi connectivity index (χ0v) is 15.8. The zero-order valence-electron chi connectivity index (χ0n) is 14.9. The van der Waals surface area contributed by atoms with Gasteiger partial charge in [-0.15, -0.1) is 11.8 Å². The van der Waals surface area contributed by atoms with Gasteiger partial charge in [0.2, 0.25) is 5.91 Å². The molecule has 1 amide bonds. The Balaban J connectivity index is 1.92. The second-order valence-electron chi connectivity index (χ2n) is 5.51. The number of nitrogens with one attached hydrogen (secondary N) is 1. The van der Waals surface area contributed by atoms with Gasteiger partial charge < -0.3 is 14.8 Å². The van der Waals surface area contributed by atoms with Gasteiger partial charge in [0.25, 0.3) is 0 Å². The maximum absolute atomic E-state index is 12.4. The normalized spacial score (nSPS) is 10.1. The Kier molecular flexibility index (Phi) is 8.36. The van der Waals surface area contributed by atoms with Gasteiger partial charge in [-0.3, -0.25) is 4.79 Å². The van der Waals surface area contributed by atoms with Crippen molar-refractivity contribution in [2.24, 2.45) is 0 Å². The van der Waals surface area contributed by atoms with E-state index in [1.54, 1.807) is 49.6 Å². The molecular formula is C20H20N2O4S. The predicted molar refractivity (Wildman–Crippen MR) is 102 cm³/mol. The van der Waals surface area contributed by atoms with Gasteiger partial charge in [0.15, 0.2) is 0 Å². The first-order valence-corrected chi connectivity index (χ1v) is 9.26. The van der Waals surface area contributed by atoms with Crippen LogP contribution in [0.4, 0.5) is 0 Å². The molecule has 0 saturated heterocycles. The third kappa shape index (κ3) is 6.77. The number of carbonyl (C=O) groups is 2. The first-order valence-electron chi connectivity index (χ1n) is 8.27. The number of nitriles is 1. The average Bonchev–Trinajstić information content (AvgIpc) is 2.71. The highest BCUT2D eigenvalue weighted by Crippen LogP contribution is 2.23. The lowest BCUT2D eigenvalue weighted by Gasteiger charge is -2.10. The minimum atomic E-state index is -0.456. The molecule has 0 aromatic heterocycles. The second-order valence-corrected chi connectivity index (χ2v) is 6.53. The largest absolute Gasteiger partial charge is 0.457 e. The van der Waals surface area contributed by atoms with E-state index in [1.165, 1.54) is 11.8 Å². The summed E-state index contributed by atoms with van der Waals surface area (Å²) in [6.07, 6.45) is 0. The van der Waals surface area contributed by atoms with Crippen LogP contribution in [-0.2, 0) is 20.9 Å². The van der Waals surface area contributed by atoms with Crippen LogP contribution in [0.1, 0.15) is 21.5 Å². The summed E-state index contributed by atoms with van der Waals surface area (Å²) in [4.78, 5) is 24.9. The Labute approximate surface area is 162 Å². The molecule has 0 spiro atoms. The molecule has 0 aliphatic carbocycles. The summed E-state index contributed by atoms with van der Waals surface area (Å²) >= 11 is 1.28. The van der Waals surface area contributed by atoms with Gasteiger partial charge in [-0.05, 0) is 29.8 Å². The van der Waals surface area contributed by atoms with Gasteiger partial charge in [0, 0.05) is 18.6 Å². The van der Waals surface area contributed by atoms with Crippen LogP contribution in [0, 0.1) is 11.3 Å². The first kappa shape index (κ1) is 20.5. The molecule has 0 aliphatic rings. The van der Waals surface area contributed by atoms with Crippen molar-refractivity contribution in [2.45, 2.75) is 11.5 Å². The molecule has 1 N–H and O–H groups in total. The van der Waals surface area contributed by atoms with Crippen molar-refractivity contribution in [2.75, 3.05) is 26.0 Å². The van der Waals surface area contributed by atoms with E-state index in [9.17, 15) is 9.59 Å². The number of hydrogen-bond acceptors (Lipinski definition) is 6. The van der Waals surface area contributed by atoms with Crippen molar-refractivity contribution in [3.63, 3.8) is 0 Å². The fraction of sp³-hybridized carbons (Fsp3) is 0.250. The summed E-state index contributed by atoms with van der Waals surface area (Å²) in [5.74, 6) is -0.385. The molecule has 140 valence electrons. The third-order valence-corrected chi connectivity index (χ3v) is 4.62. The molecule has 0 atom stereocenters. The van der Waals surface area contributed by atoms with E-state index < -0.39 is 5.97 Å². The van der Waals surface area contributed by atoms with Crippen LogP contribution in [0.5, 0.6) is 0 Å². The number of nitrogens with zero attached hydrogens (tertiary/aromatic N) is 1. The minimum Gasteiger partial charge on any atom is -0.457 e. The highest BCUT2D eigenvalue weighted by Gasteiger charge is 2.14. The molecule has 6 nitrogen and oxygen atoms in total. The smallest absolute Gasteiger partial charge is 0.339 e. The molecule has 0 fully saturated rings. The number of esters is 1. The van der Waals surface area contributed by atoms with Crippen molar-refractivity contribution in [3.05, 3.63) is 65.2 Å². The van der Waals surface area contributed by atoms with Gasteiger partial charge in [0.05, 0.1) is 29.6 Å². The molecular weight excluding hydrogens is 364 g/mol. The SMILES string of the molecule is COCCNC(=O)CSc1ccccc1C(=O)OCc1ccc(C#N)cc1. The Morgan fingerprint density at radius 1 is 1.15 bits per heavy atom. The Morgan fingerprint density at radius 3 is 2.59 bits per heavy atom. The van der Waals surface area contributed by atoms with E-state index in [0.717, 1.165) is 5.56 Å². The second kappa shape index (κ2) is 11.0. The van der Waals surface area contributed by atoms with Crippen LogP contribution < -0.4 is 5.32 Å². The topological polar surface area (TPSA) is 88.4 Å². The van der Waals surface area contributed by atoms with Crippen LogP contribution in [0.2, 0.25) is 0 Å². The number of amides is 1. The number of thioether (sulfide) groups is 1. The molecule has 0 radical (unpaired) electrons. The van der Waals surface area contributed by atoms with Crippen molar-refractivity contribution in [1.29, 1.82) is 5.26 Å². The van der Waals surface area contributed by atoms with Gasteiger partial charge >= 0.3 is 5.97 Å². The van der Waals surface area contributed by atoms with Gasteiger partial charge in [0.1, 0.15) is 6.61 Å². The van der Waals surface area contributed by atoms with Gasteiger partial charge in [-0.25, -0.2) is 4.79 Å². The summed E-state index contributed by atoms with van der Waals surface area (Å²) in [7, 11) is 1.57. The van der Waals surface area contributed by atoms with Crippen LogP contribution in [0.25, 0.3) is 0 Å². The van der Waals surface area contributed by atoms with E-state index >= 15 is 0 Å². The number of ether oxygens (including phenoxy) is 2. The van der Waals surface area contributed by atoms with Crippen LogP contribution in [-0.4, -0.2) is 37.9 Å².